The standard InChI is InChI=1S/C18H16N4O6/c1-2-28-15(23)11-20-16-14(7-4-8-19-16)17(24)21(18(20)25)10-12-5-3-6-13(9-12)22(26)27/h3-9H,2,10-11H2,1H3. The van der Waals surface area contributed by atoms with Crippen LogP contribution in [-0.4, -0.2) is 31.6 Å². The normalized spacial score (nSPS) is 10.8. The van der Waals surface area contributed by atoms with E-state index in [1.54, 1.807) is 19.1 Å². The van der Waals surface area contributed by atoms with E-state index in [9.17, 15) is 24.5 Å². The zero-order valence-electron chi connectivity index (χ0n) is 14.9. The van der Waals surface area contributed by atoms with Gasteiger partial charge in [-0.25, -0.2) is 9.78 Å². The lowest BCUT2D eigenvalue weighted by atomic mass is 10.2. The molecule has 0 fully saturated rings. The van der Waals surface area contributed by atoms with Crippen molar-refractivity contribution in [2.24, 2.45) is 0 Å². The minimum Gasteiger partial charge on any atom is -0.465 e. The van der Waals surface area contributed by atoms with Gasteiger partial charge >= 0.3 is 11.7 Å². The second-order valence-corrected chi connectivity index (χ2v) is 5.87. The summed E-state index contributed by atoms with van der Waals surface area (Å²) >= 11 is 0. The lowest BCUT2D eigenvalue weighted by Crippen LogP contribution is -2.41. The zero-order valence-corrected chi connectivity index (χ0v) is 14.9. The highest BCUT2D eigenvalue weighted by Crippen LogP contribution is 2.13. The van der Waals surface area contributed by atoms with Gasteiger partial charge in [0.25, 0.3) is 11.2 Å². The van der Waals surface area contributed by atoms with E-state index in [4.69, 9.17) is 4.74 Å². The Hall–Kier alpha value is -3.82. The smallest absolute Gasteiger partial charge is 0.333 e. The number of hydrogen-bond donors (Lipinski definition) is 0. The van der Waals surface area contributed by atoms with Crippen LogP contribution in [0.4, 0.5) is 5.69 Å². The maximum Gasteiger partial charge on any atom is 0.333 e. The molecule has 10 nitrogen and oxygen atoms in total. The molecule has 2 heterocycles. The molecule has 0 aliphatic heterocycles. The number of rotatable bonds is 6. The Balaban J connectivity index is 2.16. The fourth-order valence-electron chi connectivity index (χ4n) is 2.82. The summed E-state index contributed by atoms with van der Waals surface area (Å²) < 4.78 is 6.87. The molecule has 0 unspecified atom stereocenters. The average molecular weight is 384 g/mol. The third kappa shape index (κ3) is 3.65. The first-order valence-electron chi connectivity index (χ1n) is 8.39. The summed E-state index contributed by atoms with van der Waals surface area (Å²) in [5.41, 5.74) is -1.03. The summed E-state index contributed by atoms with van der Waals surface area (Å²) in [6, 6.07) is 8.68. The Morgan fingerprint density at radius 3 is 2.71 bits per heavy atom. The van der Waals surface area contributed by atoms with Gasteiger partial charge < -0.3 is 4.74 Å². The van der Waals surface area contributed by atoms with Crippen molar-refractivity contribution in [1.82, 2.24) is 14.1 Å². The Kier molecular flexibility index (Phi) is 5.30. The molecule has 0 radical (unpaired) electrons. The molecule has 0 saturated heterocycles. The largest absolute Gasteiger partial charge is 0.465 e. The van der Waals surface area contributed by atoms with Crippen molar-refractivity contribution in [3.63, 3.8) is 0 Å². The van der Waals surface area contributed by atoms with Crippen LogP contribution < -0.4 is 11.2 Å². The zero-order chi connectivity index (χ0) is 20.3. The second kappa shape index (κ2) is 7.82. The quantitative estimate of drug-likeness (QED) is 0.353. The highest BCUT2D eigenvalue weighted by molar-refractivity contribution is 5.76. The van der Waals surface area contributed by atoms with E-state index in [0.717, 1.165) is 9.13 Å². The number of fused-ring (bicyclic) bond motifs is 1. The summed E-state index contributed by atoms with van der Waals surface area (Å²) in [5.74, 6) is -0.642. The molecule has 0 bridgehead atoms. The molecule has 3 rings (SSSR count). The van der Waals surface area contributed by atoms with Gasteiger partial charge in [0, 0.05) is 18.3 Å². The van der Waals surface area contributed by atoms with E-state index in [1.807, 2.05) is 0 Å². The van der Waals surface area contributed by atoms with E-state index in [-0.39, 0.29) is 29.9 Å². The second-order valence-electron chi connectivity index (χ2n) is 5.87. The number of ether oxygens (including phenoxy) is 1. The fraction of sp³-hybridized carbons (Fsp3) is 0.222. The van der Waals surface area contributed by atoms with Crippen LogP contribution in [0.15, 0.2) is 52.2 Å². The topological polar surface area (TPSA) is 126 Å². The molecule has 144 valence electrons. The number of esters is 1. The van der Waals surface area contributed by atoms with E-state index >= 15 is 0 Å². The number of carbonyl (C=O) groups excluding carboxylic acids is 1. The molecular formula is C18H16N4O6. The number of pyridine rings is 1. The van der Waals surface area contributed by atoms with Gasteiger partial charge in [-0.05, 0) is 24.6 Å². The summed E-state index contributed by atoms with van der Waals surface area (Å²) in [4.78, 5) is 52.1. The number of aromatic nitrogens is 3. The average Bonchev–Trinajstić information content (AvgIpc) is 2.69. The van der Waals surface area contributed by atoms with Crippen molar-refractivity contribution >= 4 is 22.7 Å². The molecule has 0 N–H and O–H groups in total. The van der Waals surface area contributed by atoms with Crippen molar-refractivity contribution in [2.75, 3.05) is 6.61 Å². The van der Waals surface area contributed by atoms with Crippen LogP contribution in [0, 0.1) is 10.1 Å². The molecule has 0 saturated carbocycles. The minimum absolute atomic E-state index is 0.0702. The highest BCUT2D eigenvalue weighted by Gasteiger charge is 2.17. The molecule has 0 atom stereocenters. The summed E-state index contributed by atoms with van der Waals surface area (Å²) in [7, 11) is 0. The lowest BCUT2D eigenvalue weighted by molar-refractivity contribution is -0.384. The van der Waals surface area contributed by atoms with Gasteiger partial charge in [-0.3, -0.25) is 28.8 Å². The number of nitro groups is 1. The molecule has 0 aliphatic carbocycles. The number of non-ortho nitro benzene ring substituents is 1. The first kappa shape index (κ1) is 19.0. The number of benzene rings is 1. The SMILES string of the molecule is CCOC(=O)Cn1c(=O)n(Cc2cccc([N+](=O)[O-])c2)c(=O)c2cccnc21. The van der Waals surface area contributed by atoms with Crippen molar-refractivity contribution in [2.45, 2.75) is 20.0 Å². The van der Waals surface area contributed by atoms with Crippen molar-refractivity contribution < 1.29 is 14.5 Å². The van der Waals surface area contributed by atoms with Gasteiger partial charge in [-0.1, -0.05) is 12.1 Å². The van der Waals surface area contributed by atoms with E-state index < -0.39 is 28.7 Å². The van der Waals surface area contributed by atoms with Gasteiger partial charge in [-0.2, -0.15) is 0 Å². The first-order chi connectivity index (χ1) is 13.4. The van der Waals surface area contributed by atoms with Crippen molar-refractivity contribution in [1.29, 1.82) is 0 Å². The molecular weight excluding hydrogens is 368 g/mol. The monoisotopic (exact) mass is 384 g/mol. The Bertz CT molecular complexity index is 1180. The van der Waals surface area contributed by atoms with E-state index in [0.29, 0.717) is 5.56 Å². The lowest BCUT2D eigenvalue weighted by Gasteiger charge is -2.13. The molecule has 28 heavy (non-hydrogen) atoms. The van der Waals surface area contributed by atoms with Crippen LogP contribution in [0.2, 0.25) is 0 Å². The predicted molar refractivity (Wildman–Crippen MR) is 99.1 cm³/mol. The maximum atomic E-state index is 12.9. The summed E-state index contributed by atoms with van der Waals surface area (Å²) in [6.07, 6.45) is 1.41. The van der Waals surface area contributed by atoms with Crippen LogP contribution in [0.5, 0.6) is 0 Å². The molecule has 3 aromatic rings. The number of hydrogen-bond acceptors (Lipinski definition) is 7. The number of carbonyl (C=O) groups is 1. The first-order valence-corrected chi connectivity index (χ1v) is 8.39. The van der Waals surface area contributed by atoms with E-state index in [2.05, 4.69) is 4.98 Å². The number of nitro benzene ring substituents is 1. The Labute approximate surface area is 157 Å². The predicted octanol–water partition coefficient (Wildman–Crippen LogP) is 1.08. The summed E-state index contributed by atoms with van der Waals surface area (Å²) in [6.45, 7) is 1.19. The third-order valence-electron chi connectivity index (χ3n) is 4.03. The van der Waals surface area contributed by atoms with Crippen LogP contribution in [0.3, 0.4) is 0 Å². The van der Waals surface area contributed by atoms with Gasteiger partial charge in [0.15, 0.2) is 0 Å². The van der Waals surface area contributed by atoms with Crippen molar-refractivity contribution in [3.8, 4) is 0 Å². The molecule has 2 aromatic heterocycles. The minimum atomic E-state index is -0.754. The van der Waals surface area contributed by atoms with Gasteiger partial charge in [-0.15, -0.1) is 0 Å². The third-order valence-corrected chi connectivity index (χ3v) is 4.03. The van der Waals surface area contributed by atoms with Crippen LogP contribution in [-0.2, 0) is 22.6 Å². The van der Waals surface area contributed by atoms with Crippen LogP contribution in [0.1, 0.15) is 12.5 Å². The van der Waals surface area contributed by atoms with Gasteiger partial charge in [0.2, 0.25) is 0 Å². The van der Waals surface area contributed by atoms with E-state index in [1.165, 1.54) is 30.5 Å². The fourth-order valence-corrected chi connectivity index (χ4v) is 2.82. The molecule has 0 spiro atoms. The highest BCUT2D eigenvalue weighted by atomic mass is 16.6. The number of nitrogens with zero attached hydrogens (tertiary/aromatic N) is 4. The van der Waals surface area contributed by atoms with Crippen molar-refractivity contribution in [3.05, 3.63) is 79.1 Å². The molecule has 0 aliphatic rings. The summed E-state index contributed by atoms with van der Waals surface area (Å²) in [5, 5.41) is 11.1. The maximum absolute atomic E-state index is 12.9. The molecule has 1 aromatic carbocycles. The van der Waals surface area contributed by atoms with Gasteiger partial charge in [0.05, 0.1) is 23.5 Å². The molecule has 10 heteroatoms. The van der Waals surface area contributed by atoms with Crippen LogP contribution >= 0.6 is 0 Å². The van der Waals surface area contributed by atoms with Gasteiger partial charge in [0.1, 0.15) is 12.2 Å². The Morgan fingerprint density at radius 2 is 2.00 bits per heavy atom. The Morgan fingerprint density at radius 1 is 1.21 bits per heavy atom. The van der Waals surface area contributed by atoms with Crippen LogP contribution in [0.25, 0.3) is 11.0 Å². The molecule has 0 amide bonds.